The van der Waals surface area contributed by atoms with Gasteiger partial charge in [-0.2, -0.15) is 0 Å². The van der Waals surface area contributed by atoms with Crippen LogP contribution in [-0.2, 0) is 27.8 Å². The molecule has 0 radical (unpaired) electrons. The highest BCUT2D eigenvalue weighted by Crippen LogP contribution is 2.23. The highest BCUT2D eigenvalue weighted by molar-refractivity contribution is 7.84. The molecule has 0 saturated carbocycles. The summed E-state index contributed by atoms with van der Waals surface area (Å²) in [5, 5.41) is 3.89. The number of amides is 1. The Kier molecular flexibility index (Phi) is 5.58. The molecule has 0 aliphatic carbocycles. The van der Waals surface area contributed by atoms with Crippen LogP contribution in [0.15, 0.2) is 88.4 Å². The Morgan fingerprint density at radius 3 is 2.66 bits per heavy atom. The zero-order valence-corrected chi connectivity index (χ0v) is 16.9. The molecule has 0 bridgehead atoms. The van der Waals surface area contributed by atoms with Crippen LogP contribution in [0.2, 0.25) is 0 Å². The van der Waals surface area contributed by atoms with Crippen LogP contribution in [0.5, 0.6) is 0 Å². The van der Waals surface area contributed by atoms with Crippen molar-refractivity contribution >= 4 is 33.4 Å². The van der Waals surface area contributed by atoms with Gasteiger partial charge in [-0.05, 0) is 48.4 Å². The van der Waals surface area contributed by atoms with Gasteiger partial charge in [0.2, 0.25) is 5.91 Å². The lowest BCUT2D eigenvalue weighted by Gasteiger charge is -2.08. The van der Waals surface area contributed by atoms with Crippen molar-refractivity contribution in [3.05, 3.63) is 95.7 Å². The molecule has 1 aromatic heterocycles. The Balaban J connectivity index is 1.43. The van der Waals surface area contributed by atoms with E-state index in [-0.39, 0.29) is 12.3 Å². The van der Waals surface area contributed by atoms with Gasteiger partial charge in [-0.3, -0.25) is 9.00 Å². The van der Waals surface area contributed by atoms with Gasteiger partial charge < -0.3 is 9.73 Å². The summed E-state index contributed by atoms with van der Waals surface area (Å²) in [6, 6.07) is 22.8. The molecular weight excluding hydrogens is 382 g/mol. The monoisotopic (exact) mass is 403 g/mol. The van der Waals surface area contributed by atoms with Crippen molar-refractivity contribution in [2.75, 3.05) is 5.32 Å². The maximum absolute atomic E-state index is 12.5. The topological polar surface area (TPSA) is 59.3 Å². The van der Waals surface area contributed by atoms with E-state index < -0.39 is 10.8 Å². The van der Waals surface area contributed by atoms with Crippen molar-refractivity contribution in [1.29, 1.82) is 0 Å². The summed E-state index contributed by atoms with van der Waals surface area (Å²) in [5.74, 6) is 0.286. The molecule has 146 valence electrons. The molecule has 1 amide bonds. The average molecular weight is 404 g/mol. The summed E-state index contributed by atoms with van der Waals surface area (Å²) in [7, 11) is -1.12. The van der Waals surface area contributed by atoms with Gasteiger partial charge in [0.15, 0.2) is 0 Å². The van der Waals surface area contributed by atoms with Crippen LogP contribution >= 0.6 is 0 Å². The fraction of sp³-hybridized carbons (Fsp3) is 0.125. The number of fused-ring (bicyclic) bond motifs is 1. The molecule has 1 unspecified atom stereocenters. The molecule has 29 heavy (non-hydrogen) atoms. The van der Waals surface area contributed by atoms with E-state index in [1.165, 1.54) is 0 Å². The molecule has 3 aromatic carbocycles. The van der Waals surface area contributed by atoms with Gasteiger partial charge in [0, 0.05) is 21.5 Å². The predicted molar refractivity (Wildman–Crippen MR) is 116 cm³/mol. The fourth-order valence-electron chi connectivity index (χ4n) is 3.25. The van der Waals surface area contributed by atoms with Gasteiger partial charge in [-0.25, -0.2) is 0 Å². The number of benzene rings is 3. The second-order valence-corrected chi connectivity index (χ2v) is 8.44. The zero-order valence-electron chi connectivity index (χ0n) is 16.1. The Bertz CT molecular complexity index is 1180. The molecular formula is C24H21NO3S. The Hall–Kier alpha value is -3.18. The van der Waals surface area contributed by atoms with E-state index in [0.717, 1.165) is 32.6 Å². The van der Waals surface area contributed by atoms with E-state index in [4.69, 9.17) is 4.42 Å². The molecule has 1 N–H and O–H groups in total. The maximum Gasteiger partial charge on any atom is 0.228 e. The van der Waals surface area contributed by atoms with Crippen molar-refractivity contribution < 1.29 is 13.4 Å². The van der Waals surface area contributed by atoms with Crippen LogP contribution in [0.25, 0.3) is 11.0 Å². The summed E-state index contributed by atoms with van der Waals surface area (Å²) >= 11 is 0. The zero-order chi connectivity index (χ0) is 20.2. The summed E-state index contributed by atoms with van der Waals surface area (Å²) in [4.78, 5) is 13.3. The van der Waals surface area contributed by atoms with Crippen molar-refractivity contribution in [2.24, 2.45) is 0 Å². The summed E-state index contributed by atoms with van der Waals surface area (Å²) < 4.78 is 18.1. The van der Waals surface area contributed by atoms with Crippen LogP contribution in [0.4, 0.5) is 5.69 Å². The Morgan fingerprint density at radius 1 is 1.00 bits per heavy atom. The average Bonchev–Trinajstić information content (AvgIpc) is 3.10. The molecule has 0 aliphatic rings. The van der Waals surface area contributed by atoms with Gasteiger partial charge in [-0.1, -0.05) is 42.5 Å². The van der Waals surface area contributed by atoms with Gasteiger partial charge >= 0.3 is 0 Å². The second kappa shape index (κ2) is 8.45. The molecule has 5 heteroatoms. The third-order valence-electron chi connectivity index (χ3n) is 4.68. The standard InChI is InChI=1S/C24H21NO3S/c1-17-10-11-22-19(15-28-23(22)12-17)14-24(26)25-20-7-5-6-18(13-20)16-29(27)21-8-3-2-4-9-21/h2-13,15H,14,16H2,1H3,(H,25,26). The van der Waals surface area contributed by atoms with Crippen LogP contribution in [0.1, 0.15) is 16.7 Å². The van der Waals surface area contributed by atoms with E-state index in [2.05, 4.69) is 5.32 Å². The van der Waals surface area contributed by atoms with Gasteiger partial charge in [0.1, 0.15) is 5.58 Å². The number of rotatable bonds is 6. The third-order valence-corrected chi connectivity index (χ3v) is 6.07. The molecule has 0 aliphatic heterocycles. The number of hydrogen-bond acceptors (Lipinski definition) is 3. The highest BCUT2D eigenvalue weighted by Gasteiger charge is 2.12. The molecule has 1 atom stereocenters. The maximum atomic E-state index is 12.5. The molecule has 1 heterocycles. The van der Waals surface area contributed by atoms with E-state index >= 15 is 0 Å². The normalized spacial score (nSPS) is 12.0. The van der Waals surface area contributed by atoms with Crippen LogP contribution in [-0.4, -0.2) is 10.1 Å². The van der Waals surface area contributed by atoms with Gasteiger partial charge in [-0.15, -0.1) is 0 Å². The fourth-order valence-corrected chi connectivity index (χ4v) is 4.36. The van der Waals surface area contributed by atoms with Gasteiger partial charge in [0.25, 0.3) is 0 Å². The minimum absolute atomic E-state index is 0.116. The first-order valence-electron chi connectivity index (χ1n) is 9.37. The van der Waals surface area contributed by atoms with Crippen molar-refractivity contribution in [1.82, 2.24) is 0 Å². The molecule has 0 saturated heterocycles. The predicted octanol–water partition coefficient (Wildman–Crippen LogP) is 5.23. The van der Waals surface area contributed by atoms with Crippen LogP contribution < -0.4 is 5.32 Å². The minimum Gasteiger partial charge on any atom is -0.464 e. The number of nitrogens with one attached hydrogen (secondary N) is 1. The van der Waals surface area contributed by atoms with Crippen LogP contribution in [0.3, 0.4) is 0 Å². The molecule has 0 spiro atoms. The van der Waals surface area contributed by atoms with Crippen LogP contribution in [0, 0.1) is 6.92 Å². The third kappa shape index (κ3) is 4.63. The molecule has 0 fully saturated rings. The number of anilines is 1. The first kappa shape index (κ1) is 19.2. The van der Waals surface area contributed by atoms with E-state index in [0.29, 0.717) is 11.4 Å². The summed E-state index contributed by atoms with van der Waals surface area (Å²) in [6.07, 6.45) is 1.87. The van der Waals surface area contributed by atoms with E-state index in [9.17, 15) is 9.00 Å². The minimum atomic E-state index is -1.12. The van der Waals surface area contributed by atoms with E-state index in [1.54, 1.807) is 6.26 Å². The first-order chi connectivity index (χ1) is 14.1. The number of carbonyl (C=O) groups is 1. The number of furan rings is 1. The lowest BCUT2D eigenvalue weighted by atomic mass is 10.1. The Labute approximate surface area is 172 Å². The number of carbonyl (C=O) groups excluding carboxylic acids is 1. The largest absolute Gasteiger partial charge is 0.464 e. The summed E-state index contributed by atoms with van der Waals surface area (Å²) in [6.45, 7) is 2.01. The molecule has 4 rings (SSSR count). The SMILES string of the molecule is Cc1ccc2c(CC(=O)Nc3cccc(CS(=O)c4ccccc4)c3)coc2c1. The Morgan fingerprint density at radius 2 is 1.83 bits per heavy atom. The van der Waals surface area contributed by atoms with Crippen molar-refractivity contribution in [2.45, 2.75) is 24.0 Å². The number of aryl methyl sites for hydroxylation is 1. The number of hydrogen-bond donors (Lipinski definition) is 1. The van der Waals surface area contributed by atoms with Gasteiger partial charge in [0.05, 0.1) is 29.2 Å². The lowest BCUT2D eigenvalue weighted by molar-refractivity contribution is -0.115. The lowest BCUT2D eigenvalue weighted by Crippen LogP contribution is -2.14. The van der Waals surface area contributed by atoms with Crippen molar-refractivity contribution in [3.8, 4) is 0 Å². The quantitative estimate of drug-likeness (QED) is 0.479. The van der Waals surface area contributed by atoms with E-state index in [1.807, 2.05) is 79.7 Å². The second-order valence-electron chi connectivity index (χ2n) is 6.99. The first-order valence-corrected chi connectivity index (χ1v) is 10.7. The highest BCUT2D eigenvalue weighted by atomic mass is 32.2. The van der Waals surface area contributed by atoms with Crippen molar-refractivity contribution in [3.63, 3.8) is 0 Å². The molecule has 4 nitrogen and oxygen atoms in total. The molecule has 4 aromatic rings. The summed E-state index contributed by atoms with van der Waals surface area (Å²) in [5.41, 5.74) is 4.38. The smallest absolute Gasteiger partial charge is 0.228 e.